The van der Waals surface area contributed by atoms with Gasteiger partial charge in [-0.05, 0) is 13.3 Å². The molecule has 0 aromatic heterocycles. The Morgan fingerprint density at radius 2 is 2.25 bits per heavy atom. The van der Waals surface area contributed by atoms with Crippen LogP contribution in [0.3, 0.4) is 0 Å². The molecular weight excluding hydrogens is 174 g/mol. The maximum atomic E-state index is 11.2. The average Bonchev–Trinajstić information content (AvgIpc) is 2.03. The summed E-state index contributed by atoms with van der Waals surface area (Å²) in [6.07, 6.45) is 0.874. The number of carbonyl (C=O) groups is 1. The fourth-order valence-corrected chi connectivity index (χ4v) is 1.07. The van der Waals surface area contributed by atoms with E-state index in [9.17, 15) is 4.79 Å². The van der Waals surface area contributed by atoms with Crippen molar-refractivity contribution in [3.8, 4) is 0 Å². The highest BCUT2D eigenvalue weighted by atomic mass is 32.1. The van der Waals surface area contributed by atoms with Crippen molar-refractivity contribution in [3.63, 3.8) is 0 Å². The summed E-state index contributed by atoms with van der Waals surface area (Å²) in [5.74, 6) is 0.0643. The first-order chi connectivity index (χ1) is 5.59. The van der Waals surface area contributed by atoms with E-state index in [2.05, 4.69) is 12.6 Å². The van der Waals surface area contributed by atoms with Crippen LogP contribution in [-0.4, -0.2) is 43.4 Å². The first-order valence-corrected chi connectivity index (χ1v) is 4.53. The fraction of sp³-hybridized carbons (Fsp3) is 0.875. The highest BCUT2D eigenvalue weighted by Crippen LogP contribution is 1.99. The number of methoxy groups -OCH3 is 1. The van der Waals surface area contributed by atoms with Crippen molar-refractivity contribution in [3.05, 3.63) is 0 Å². The first kappa shape index (κ1) is 11.8. The second-order valence-electron chi connectivity index (χ2n) is 2.78. The maximum absolute atomic E-state index is 11.2. The molecule has 0 radical (unpaired) electrons. The van der Waals surface area contributed by atoms with Gasteiger partial charge >= 0.3 is 0 Å². The zero-order valence-corrected chi connectivity index (χ0v) is 8.80. The molecule has 0 aliphatic rings. The summed E-state index contributed by atoms with van der Waals surface area (Å²) in [5.41, 5.74) is 0. The van der Waals surface area contributed by atoms with Crippen LogP contribution in [0, 0.1) is 0 Å². The Labute approximate surface area is 79.5 Å². The van der Waals surface area contributed by atoms with Crippen LogP contribution in [0.15, 0.2) is 0 Å². The quantitative estimate of drug-likeness (QED) is 0.514. The minimum absolute atomic E-state index is 0.0643. The molecule has 0 spiro atoms. The second-order valence-corrected chi connectivity index (χ2v) is 3.56. The Morgan fingerprint density at radius 1 is 1.67 bits per heavy atom. The Kier molecular flexibility index (Phi) is 6.20. The molecule has 0 heterocycles. The molecule has 0 fully saturated rings. The minimum atomic E-state index is -0.211. The van der Waals surface area contributed by atoms with Gasteiger partial charge in [-0.15, -0.1) is 0 Å². The van der Waals surface area contributed by atoms with Gasteiger partial charge in [0.2, 0.25) is 5.91 Å². The van der Waals surface area contributed by atoms with Gasteiger partial charge in [0.1, 0.15) is 0 Å². The molecule has 0 aliphatic carbocycles. The van der Waals surface area contributed by atoms with Gasteiger partial charge in [0, 0.05) is 27.3 Å². The van der Waals surface area contributed by atoms with Crippen molar-refractivity contribution in [2.24, 2.45) is 0 Å². The predicted octanol–water partition coefficient (Wildman–Crippen LogP) is 0.800. The van der Waals surface area contributed by atoms with Crippen LogP contribution in [0.2, 0.25) is 0 Å². The molecule has 0 saturated heterocycles. The van der Waals surface area contributed by atoms with Crippen molar-refractivity contribution in [2.45, 2.75) is 18.6 Å². The Morgan fingerprint density at radius 3 is 2.67 bits per heavy atom. The topological polar surface area (TPSA) is 29.5 Å². The summed E-state index contributed by atoms with van der Waals surface area (Å²) < 4.78 is 4.88. The van der Waals surface area contributed by atoms with E-state index in [1.54, 1.807) is 26.0 Å². The summed E-state index contributed by atoms with van der Waals surface area (Å²) in [4.78, 5) is 12.9. The maximum Gasteiger partial charge on any atom is 0.234 e. The second kappa shape index (κ2) is 6.31. The molecule has 0 saturated carbocycles. The lowest BCUT2D eigenvalue weighted by Crippen LogP contribution is -2.33. The molecule has 1 amide bonds. The van der Waals surface area contributed by atoms with Crippen LogP contribution in [0.5, 0.6) is 0 Å². The molecule has 4 heteroatoms. The standard InChI is InChI=1S/C8H17NO2S/c1-7(12)8(10)9(2)5-4-6-11-3/h7,12H,4-6H2,1-3H3. The molecule has 0 aliphatic heterocycles. The van der Waals surface area contributed by atoms with Crippen LogP contribution in [-0.2, 0) is 9.53 Å². The number of carbonyl (C=O) groups excluding carboxylic acids is 1. The van der Waals surface area contributed by atoms with Gasteiger partial charge < -0.3 is 9.64 Å². The molecule has 1 atom stereocenters. The molecule has 12 heavy (non-hydrogen) atoms. The number of ether oxygens (including phenoxy) is 1. The summed E-state index contributed by atoms with van der Waals surface area (Å²) in [6.45, 7) is 3.20. The number of nitrogens with zero attached hydrogens (tertiary/aromatic N) is 1. The average molecular weight is 191 g/mol. The van der Waals surface area contributed by atoms with E-state index in [4.69, 9.17) is 4.74 Å². The van der Waals surface area contributed by atoms with Crippen LogP contribution in [0.25, 0.3) is 0 Å². The van der Waals surface area contributed by atoms with Crippen LogP contribution in [0.4, 0.5) is 0 Å². The monoisotopic (exact) mass is 191 g/mol. The molecule has 0 aromatic rings. The summed E-state index contributed by atoms with van der Waals surface area (Å²) in [5, 5.41) is -0.211. The van der Waals surface area contributed by atoms with Crippen molar-refractivity contribution < 1.29 is 9.53 Å². The van der Waals surface area contributed by atoms with Crippen LogP contribution < -0.4 is 0 Å². The zero-order valence-electron chi connectivity index (χ0n) is 7.91. The van der Waals surface area contributed by atoms with Gasteiger partial charge in [-0.3, -0.25) is 4.79 Å². The van der Waals surface area contributed by atoms with E-state index in [1.165, 1.54) is 0 Å². The van der Waals surface area contributed by atoms with Crippen molar-refractivity contribution in [1.82, 2.24) is 4.90 Å². The largest absolute Gasteiger partial charge is 0.385 e. The van der Waals surface area contributed by atoms with Crippen LogP contribution in [0.1, 0.15) is 13.3 Å². The first-order valence-electron chi connectivity index (χ1n) is 4.01. The molecular formula is C8H17NO2S. The number of thiol groups is 1. The third-order valence-electron chi connectivity index (χ3n) is 1.58. The van der Waals surface area contributed by atoms with Gasteiger partial charge in [0.25, 0.3) is 0 Å². The van der Waals surface area contributed by atoms with Crippen molar-refractivity contribution in [2.75, 3.05) is 27.3 Å². The van der Waals surface area contributed by atoms with E-state index < -0.39 is 0 Å². The Hall–Kier alpha value is -0.220. The van der Waals surface area contributed by atoms with E-state index in [1.807, 2.05) is 0 Å². The highest BCUT2D eigenvalue weighted by Gasteiger charge is 2.12. The number of rotatable bonds is 5. The van der Waals surface area contributed by atoms with Gasteiger partial charge in [-0.2, -0.15) is 12.6 Å². The van der Waals surface area contributed by atoms with Crippen LogP contribution >= 0.6 is 12.6 Å². The third-order valence-corrected chi connectivity index (χ3v) is 1.80. The molecule has 0 bridgehead atoms. The van der Waals surface area contributed by atoms with E-state index in [-0.39, 0.29) is 11.2 Å². The normalized spacial score (nSPS) is 12.7. The van der Waals surface area contributed by atoms with Gasteiger partial charge in [0.15, 0.2) is 0 Å². The Bertz CT molecular complexity index is 139. The van der Waals surface area contributed by atoms with Gasteiger partial charge in [-0.1, -0.05) is 0 Å². The lowest BCUT2D eigenvalue weighted by atomic mass is 10.3. The summed E-state index contributed by atoms with van der Waals surface area (Å²) in [6, 6.07) is 0. The molecule has 0 aromatic carbocycles. The predicted molar refractivity (Wildman–Crippen MR) is 52.6 cm³/mol. The van der Waals surface area contributed by atoms with E-state index in [0.717, 1.165) is 13.0 Å². The summed E-state index contributed by atoms with van der Waals surface area (Å²) in [7, 11) is 3.44. The smallest absolute Gasteiger partial charge is 0.234 e. The van der Waals surface area contributed by atoms with Crippen molar-refractivity contribution >= 4 is 18.5 Å². The van der Waals surface area contributed by atoms with Crippen molar-refractivity contribution in [1.29, 1.82) is 0 Å². The van der Waals surface area contributed by atoms with E-state index >= 15 is 0 Å². The molecule has 1 unspecified atom stereocenters. The lowest BCUT2D eigenvalue weighted by Gasteiger charge is -2.18. The highest BCUT2D eigenvalue weighted by molar-refractivity contribution is 7.81. The molecule has 72 valence electrons. The minimum Gasteiger partial charge on any atom is -0.385 e. The van der Waals surface area contributed by atoms with Gasteiger partial charge in [0.05, 0.1) is 5.25 Å². The van der Waals surface area contributed by atoms with E-state index in [0.29, 0.717) is 6.61 Å². The SMILES string of the molecule is COCCCN(C)C(=O)C(C)S. The molecule has 3 nitrogen and oxygen atoms in total. The zero-order chi connectivity index (χ0) is 9.56. The Balaban J connectivity index is 3.57. The number of hydrogen-bond acceptors (Lipinski definition) is 3. The number of hydrogen-bond donors (Lipinski definition) is 1. The summed E-state index contributed by atoms with van der Waals surface area (Å²) >= 11 is 4.05. The number of amides is 1. The molecule has 0 rings (SSSR count). The third kappa shape index (κ3) is 4.62. The fourth-order valence-electron chi connectivity index (χ4n) is 0.875. The molecule has 0 N–H and O–H groups in total. The lowest BCUT2D eigenvalue weighted by molar-refractivity contribution is -0.129. The van der Waals surface area contributed by atoms with Gasteiger partial charge in [-0.25, -0.2) is 0 Å².